The first-order chi connectivity index (χ1) is 8.38. The minimum atomic E-state index is -1.05. The quantitative estimate of drug-likeness (QED) is 0.725. The molecule has 3 N–H and O–H groups in total. The first-order valence-electron chi connectivity index (χ1n) is 5.52. The van der Waals surface area contributed by atoms with Gasteiger partial charge in [-0.3, -0.25) is 9.78 Å². The lowest BCUT2D eigenvalue weighted by Crippen LogP contribution is -2.39. The number of nitrogens with zero attached hydrogens (tertiary/aromatic N) is 1. The zero-order chi connectivity index (χ0) is 13.8. The van der Waals surface area contributed by atoms with Gasteiger partial charge in [-0.25, -0.2) is 4.79 Å². The van der Waals surface area contributed by atoms with Crippen molar-refractivity contribution in [2.24, 2.45) is 5.41 Å². The van der Waals surface area contributed by atoms with Crippen LogP contribution < -0.4 is 10.6 Å². The van der Waals surface area contributed by atoms with Gasteiger partial charge in [0.1, 0.15) is 5.56 Å². The molecular formula is C12H17N3O3. The second-order valence-corrected chi connectivity index (χ2v) is 4.54. The summed E-state index contributed by atoms with van der Waals surface area (Å²) in [4.78, 5) is 26.3. The molecule has 0 saturated heterocycles. The van der Waals surface area contributed by atoms with Crippen molar-refractivity contribution in [2.75, 3.05) is 18.9 Å². The topological polar surface area (TPSA) is 91.3 Å². The van der Waals surface area contributed by atoms with E-state index in [1.807, 2.05) is 0 Å². The van der Waals surface area contributed by atoms with Crippen molar-refractivity contribution >= 4 is 17.6 Å². The van der Waals surface area contributed by atoms with Gasteiger partial charge >= 0.3 is 5.97 Å². The maximum absolute atomic E-state index is 11.6. The molecule has 1 amide bonds. The van der Waals surface area contributed by atoms with Gasteiger partial charge in [0.25, 0.3) is 0 Å². The van der Waals surface area contributed by atoms with Crippen molar-refractivity contribution in [3.05, 3.63) is 24.0 Å². The van der Waals surface area contributed by atoms with Gasteiger partial charge in [-0.05, 0) is 19.9 Å². The molecular weight excluding hydrogens is 234 g/mol. The average molecular weight is 251 g/mol. The van der Waals surface area contributed by atoms with E-state index in [-0.39, 0.29) is 11.5 Å². The van der Waals surface area contributed by atoms with Crippen LogP contribution in [0.5, 0.6) is 0 Å². The number of rotatable bonds is 5. The molecule has 1 aromatic heterocycles. The van der Waals surface area contributed by atoms with E-state index < -0.39 is 11.4 Å². The summed E-state index contributed by atoms with van der Waals surface area (Å²) in [6.45, 7) is 3.89. The number of amides is 1. The molecule has 0 aliphatic heterocycles. The summed E-state index contributed by atoms with van der Waals surface area (Å²) in [5.74, 6) is -1.16. The van der Waals surface area contributed by atoms with E-state index in [4.69, 9.17) is 5.11 Å². The van der Waals surface area contributed by atoms with E-state index in [1.165, 1.54) is 12.4 Å². The molecule has 0 aliphatic carbocycles. The summed E-state index contributed by atoms with van der Waals surface area (Å²) >= 11 is 0. The Labute approximate surface area is 105 Å². The number of hydrogen-bond donors (Lipinski definition) is 3. The third-order valence-electron chi connectivity index (χ3n) is 2.61. The smallest absolute Gasteiger partial charge is 0.339 e. The van der Waals surface area contributed by atoms with Crippen LogP contribution in [0.3, 0.4) is 0 Å². The zero-order valence-electron chi connectivity index (χ0n) is 10.7. The number of carbonyl (C=O) groups excluding carboxylic acids is 1. The highest BCUT2D eigenvalue weighted by molar-refractivity contribution is 5.93. The minimum Gasteiger partial charge on any atom is -0.478 e. The number of carboxylic acid groups (broad SMARTS) is 1. The highest BCUT2D eigenvalue weighted by Gasteiger charge is 2.26. The van der Waals surface area contributed by atoms with Gasteiger partial charge < -0.3 is 15.7 Å². The van der Waals surface area contributed by atoms with Crippen LogP contribution >= 0.6 is 0 Å². The first-order valence-corrected chi connectivity index (χ1v) is 5.52. The van der Waals surface area contributed by atoms with Crippen LogP contribution in [0.15, 0.2) is 18.5 Å². The van der Waals surface area contributed by atoms with Crippen molar-refractivity contribution in [3.8, 4) is 0 Å². The Morgan fingerprint density at radius 1 is 1.44 bits per heavy atom. The van der Waals surface area contributed by atoms with E-state index in [2.05, 4.69) is 15.6 Å². The first kappa shape index (κ1) is 14.0. The molecule has 1 aromatic rings. The van der Waals surface area contributed by atoms with Crippen molar-refractivity contribution in [1.29, 1.82) is 0 Å². The Hall–Kier alpha value is -2.11. The van der Waals surface area contributed by atoms with Crippen LogP contribution in [-0.4, -0.2) is 35.6 Å². The zero-order valence-corrected chi connectivity index (χ0v) is 10.7. The minimum absolute atomic E-state index is 0.0882. The molecule has 0 atom stereocenters. The lowest BCUT2D eigenvalue weighted by atomic mass is 9.92. The Bertz CT molecular complexity index is 458. The number of hydrogen-bond acceptors (Lipinski definition) is 4. The van der Waals surface area contributed by atoms with Gasteiger partial charge in [0.15, 0.2) is 0 Å². The molecule has 0 spiro atoms. The number of anilines is 1. The fourth-order valence-electron chi connectivity index (χ4n) is 1.45. The van der Waals surface area contributed by atoms with Crippen molar-refractivity contribution in [2.45, 2.75) is 13.8 Å². The van der Waals surface area contributed by atoms with Gasteiger partial charge in [0.05, 0.1) is 11.1 Å². The monoisotopic (exact) mass is 251 g/mol. The molecule has 98 valence electrons. The lowest BCUT2D eigenvalue weighted by molar-refractivity contribution is -0.128. The largest absolute Gasteiger partial charge is 0.478 e. The third kappa shape index (κ3) is 3.19. The average Bonchev–Trinajstić information content (AvgIpc) is 2.35. The molecule has 0 unspecified atom stereocenters. The molecule has 18 heavy (non-hydrogen) atoms. The molecule has 1 heterocycles. The van der Waals surface area contributed by atoms with Crippen molar-refractivity contribution in [3.63, 3.8) is 0 Å². The SMILES string of the molecule is CNC(=O)C(C)(C)CNc1ccncc1C(=O)O. The summed E-state index contributed by atoms with van der Waals surface area (Å²) in [6, 6.07) is 1.57. The van der Waals surface area contributed by atoms with Crippen molar-refractivity contribution < 1.29 is 14.7 Å². The number of carboxylic acids is 1. The Kier molecular flexibility index (Phi) is 4.25. The summed E-state index contributed by atoms with van der Waals surface area (Å²) < 4.78 is 0. The van der Waals surface area contributed by atoms with Crippen molar-refractivity contribution in [1.82, 2.24) is 10.3 Å². The van der Waals surface area contributed by atoms with E-state index in [9.17, 15) is 9.59 Å². The number of nitrogens with one attached hydrogen (secondary N) is 2. The summed E-state index contributed by atoms with van der Waals surface area (Å²) in [5.41, 5.74) is -0.0898. The molecule has 6 nitrogen and oxygen atoms in total. The van der Waals surface area contributed by atoms with Gasteiger partial charge in [0.2, 0.25) is 5.91 Å². The predicted octanol–water partition coefficient (Wildman–Crippen LogP) is 0.964. The van der Waals surface area contributed by atoms with Crippen LogP contribution in [0.4, 0.5) is 5.69 Å². The molecule has 0 aromatic carbocycles. The molecule has 0 fully saturated rings. The third-order valence-corrected chi connectivity index (χ3v) is 2.61. The maximum Gasteiger partial charge on any atom is 0.339 e. The van der Waals surface area contributed by atoms with Gasteiger partial charge in [-0.1, -0.05) is 0 Å². The second kappa shape index (κ2) is 5.48. The molecule has 6 heteroatoms. The van der Waals surface area contributed by atoms with Crippen LogP contribution in [0.25, 0.3) is 0 Å². The molecule has 1 rings (SSSR count). The predicted molar refractivity (Wildman–Crippen MR) is 67.5 cm³/mol. The summed E-state index contributed by atoms with van der Waals surface area (Å²) in [6.07, 6.45) is 2.78. The van der Waals surface area contributed by atoms with Crippen LogP contribution in [0, 0.1) is 5.41 Å². The highest BCUT2D eigenvalue weighted by atomic mass is 16.4. The fourth-order valence-corrected chi connectivity index (χ4v) is 1.45. The standard InChI is InChI=1S/C12H17N3O3/c1-12(2,11(18)13-3)7-15-9-4-5-14-6-8(9)10(16)17/h4-6H,7H2,1-3H3,(H,13,18)(H,14,15)(H,16,17). The van der Waals surface area contributed by atoms with E-state index in [1.54, 1.807) is 27.0 Å². The lowest BCUT2D eigenvalue weighted by Gasteiger charge is -2.23. The Balaban J connectivity index is 2.81. The van der Waals surface area contributed by atoms with Gasteiger partial charge in [-0.2, -0.15) is 0 Å². The van der Waals surface area contributed by atoms with E-state index >= 15 is 0 Å². The summed E-state index contributed by atoms with van der Waals surface area (Å²) in [5, 5.41) is 14.5. The van der Waals surface area contributed by atoms with E-state index in [0.717, 1.165) is 0 Å². The number of pyridine rings is 1. The molecule has 0 bridgehead atoms. The number of aromatic carboxylic acids is 1. The molecule has 0 saturated carbocycles. The van der Waals surface area contributed by atoms with Crippen LogP contribution in [-0.2, 0) is 4.79 Å². The highest BCUT2D eigenvalue weighted by Crippen LogP contribution is 2.19. The second-order valence-electron chi connectivity index (χ2n) is 4.54. The maximum atomic E-state index is 11.6. The van der Waals surface area contributed by atoms with Crippen LogP contribution in [0.1, 0.15) is 24.2 Å². The van der Waals surface area contributed by atoms with Gasteiger partial charge in [0, 0.05) is 26.0 Å². The summed E-state index contributed by atoms with van der Waals surface area (Å²) in [7, 11) is 1.57. The Morgan fingerprint density at radius 3 is 2.67 bits per heavy atom. The number of aromatic nitrogens is 1. The van der Waals surface area contributed by atoms with E-state index in [0.29, 0.717) is 12.2 Å². The van der Waals surface area contributed by atoms with Crippen LogP contribution in [0.2, 0.25) is 0 Å². The molecule has 0 aliphatic rings. The normalized spacial score (nSPS) is 10.8. The fraction of sp³-hybridized carbons (Fsp3) is 0.417. The van der Waals surface area contributed by atoms with Gasteiger partial charge in [-0.15, -0.1) is 0 Å². The molecule has 0 radical (unpaired) electrons. The Morgan fingerprint density at radius 2 is 2.11 bits per heavy atom. The number of carbonyl (C=O) groups is 2.